The Kier molecular flexibility index (Phi) is 4.12. The Morgan fingerprint density at radius 2 is 2.24 bits per heavy atom. The second kappa shape index (κ2) is 5.60. The molecular formula is C12H14BrFN2O. The smallest absolute Gasteiger partial charge is 0.234 e. The van der Waals surface area contributed by atoms with Gasteiger partial charge in [0.25, 0.3) is 0 Å². The number of rotatable bonds is 5. The van der Waals surface area contributed by atoms with Crippen LogP contribution in [0.3, 0.4) is 0 Å². The standard InChI is InChI=1S/C12H14BrFN2O/c13-11-5-9(14)2-1-8(11)6-15-7-12(17)16-10-3-4-10/h1-2,5,10,15H,3-4,6-7H2,(H,16,17). The van der Waals surface area contributed by atoms with Gasteiger partial charge in [0, 0.05) is 17.1 Å². The number of halogens is 2. The maximum Gasteiger partial charge on any atom is 0.234 e. The van der Waals surface area contributed by atoms with E-state index in [0.29, 0.717) is 23.6 Å². The minimum Gasteiger partial charge on any atom is -0.352 e. The first-order chi connectivity index (χ1) is 8.15. The summed E-state index contributed by atoms with van der Waals surface area (Å²) in [7, 11) is 0. The summed E-state index contributed by atoms with van der Waals surface area (Å²) in [6.45, 7) is 0.833. The van der Waals surface area contributed by atoms with Gasteiger partial charge in [0.1, 0.15) is 5.82 Å². The molecule has 1 aliphatic carbocycles. The zero-order chi connectivity index (χ0) is 12.3. The van der Waals surface area contributed by atoms with Crippen molar-refractivity contribution in [2.24, 2.45) is 0 Å². The van der Waals surface area contributed by atoms with E-state index in [1.54, 1.807) is 6.07 Å². The molecule has 0 bridgehead atoms. The van der Waals surface area contributed by atoms with Crippen LogP contribution in [0.15, 0.2) is 22.7 Å². The Balaban J connectivity index is 1.75. The average Bonchev–Trinajstić information content (AvgIpc) is 3.05. The van der Waals surface area contributed by atoms with E-state index >= 15 is 0 Å². The molecule has 0 saturated heterocycles. The monoisotopic (exact) mass is 300 g/mol. The molecule has 0 aliphatic heterocycles. The van der Waals surface area contributed by atoms with Gasteiger partial charge < -0.3 is 10.6 Å². The number of benzene rings is 1. The SMILES string of the molecule is O=C(CNCc1ccc(F)cc1Br)NC1CC1. The summed E-state index contributed by atoms with van der Waals surface area (Å²) >= 11 is 3.28. The Labute approximate surface area is 108 Å². The van der Waals surface area contributed by atoms with Crippen molar-refractivity contribution < 1.29 is 9.18 Å². The minimum atomic E-state index is -0.271. The van der Waals surface area contributed by atoms with E-state index in [1.807, 2.05) is 0 Å². The molecule has 1 amide bonds. The Morgan fingerprint density at radius 1 is 1.47 bits per heavy atom. The predicted octanol–water partition coefficient (Wildman–Crippen LogP) is 1.96. The molecule has 0 heterocycles. The summed E-state index contributed by atoms with van der Waals surface area (Å²) in [6.07, 6.45) is 2.19. The van der Waals surface area contributed by atoms with Crippen molar-refractivity contribution in [1.29, 1.82) is 0 Å². The number of amides is 1. The van der Waals surface area contributed by atoms with Crippen molar-refractivity contribution in [2.75, 3.05) is 6.54 Å². The zero-order valence-electron chi connectivity index (χ0n) is 9.30. The van der Waals surface area contributed by atoms with Crippen LogP contribution in [0, 0.1) is 5.82 Å². The summed E-state index contributed by atoms with van der Waals surface area (Å²) in [5.41, 5.74) is 0.936. The average molecular weight is 301 g/mol. The lowest BCUT2D eigenvalue weighted by atomic mass is 10.2. The molecule has 0 radical (unpaired) electrons. The lowest BCUT2D eigenvalue weighted by molar-refractivity contribution is -0.120. The van der Waals surface area contributed by atoms with Crippen molar-refractivity contribution in [2.45, 2.75) is 25.4 Å². The van der Waals surface area contributed by atoms with Crippen LogP contribution in [0.25, 0.3) is 0 Å². The molecule has 0 aromatic heterocycles. The highest BCUT2D eigenvalue weighted by molar-refractivity contribution is 9.10. The Hall–Kier alpha value is -0.940. The maximum atomic E-state index is 12.8. The summed E-state index contributed by atoms with van der Waals surface area (Å²) in [4.78, 5) is 11.4. The van der Waals surface area contributed by atoms with Gasteiger partial charge in [-0.05, 0) is 30.5 Å². The first kappa shape index (κ1) is 12.5. The second-order valence-electron chi connectivity index (χ2n) is 4.18. The van der Waals surface area contributed by atoms with Crippen molar-refractivity contribution in [3.8, 4) is 0 Å². The van der Waals surface area contributed by atoms with E-state index in [0.717, 1.165) is 18.4 Å². The number of carbonyl (C=O) groups excluding carboxylic acids is 1. The van der Waals surface area contributed by atoms with Gasteiger partial charge >= 0.3 is 0 Å². The highest BCUT2D eigenvalue weighted by Crippen LogP contribution is 2.18. The first-order valence-corrected chi connectivity index (χ1v) is 6.38. The van der Waals surface area contributed by atoms with E-state index < -0.39 is 0 Å². The van der Waals surface area contributed by atoms with Gasteiger partial charge in [-0.25, -0.2) is 4.39 Å². The van der Waals surface area contributed by atoms with Crippen LogP contribution in [-0.4, -0.2) is 18.5 Å². The van der Waals surface area contributed by atoms with E-state index in [4.69, 9.17) is 0 Å². The largest absolute Gasteiger partial charge is 0.352 e. The van der Waals surface area contributed by atoms with Crippen LogP contribution in [0.1, 0.15) is 18.4 Å². The quantitative estimate of drug-likeness (QED) is 0.873. The molecule has 92 valence electrons. The van der Waals surface area contributed by atoms with Gasteiger partial charge in [-0.3, -0.25) is 4.79 Å². The number of hydrogen-bond acceptors (Lipinski definition) is 2. The molecule has 2 rings (SSSR count). The molecule has 1 fully saturated rings. The number of hydrogen-bond donors (Lipinski definition) is 2. The fourth-order valence-corrected chi connectivity index (χ4v) is 1.97. The minimum absolute atomic E-state index is 0.0192. The molecule has 17 heavy (non-hydrogen) atoms. The van der Waals surface area contributed by atoms with E-state index in [9.17, 15) is 9.18 Å². The highest BCUT2D eigenvalue weighted by Gasteiger charge is 2.22. The van der Waals surface area contributed by atoms with Crippen LogP contribution in [0.5, 0.6) is 0 Å². The fourth-order valence-electron chi connectivity index (χ4n) is 1.48. The molecule has 1 saturated carbocycles. The Bertz CT molecular complexity index is 421. The normalized spacial score (nSPS) is 14.7. The zero-order valence-corrected chi connectivity index (χ0v) is 10.9. The van der Waals surface area contributed by atoms with Gasteiger partial charge in [-0.15, -0.1) is 0 Å². The number of nitrogens with one attached hydrogen (secondary N) is 2. The fraction of sp³-hybridized carbons (Fsp3) is 0.417. The maximum absolute atomic E-state index is 12.8. The van der Waals surface area contributed by atoms with Gasteiger partial charge in [-0.1, -0.05) is 22.0 Å². The van der Waals surface area contributed by atoms with Crippen molar-refractivity contribution in [1.82, 2.24) is 10.6 Å². The van der Waals surface area contributed by atoms with Crippen LogP contribution < -0.4 is 10.6 Å². The molecule has 1 aromatic rings. The van der Waals surface area contributed by atoms with Gasteiger partial charge in [-0.2, -0.15) is 0 Å². The predicted molar refractivity (Wildman–Crippen MR) is 67.0 cm³/mol. The molecule has 5 heteroatoms. The molecule has 0 atom stereocenters. The van der Waals surface area contributed by atoms with Crippen LogP contribution in [0.2, 0.25) is 0 Å². The molecule has 2 N–H and O–H groups in total. The molecular weight excluding hydrogens is 287 g/mol. The molecule has 0 unspecified atom stereocenters. The van der Waals surface area contributed by atoms with Crippen LogP contribution >= 0.6 is 15.9 Å². The third-order valence-corrected chi connectivity index (χ3v) is 3.30. The summed E-state index contributed by atoms with van der Waals surface area (Å²) in [6, 6.07) is 4.92. The van der Waals surface area contributed by atoms with Gasteiger partial charge in [0.05, 0.1) is 6.54 Å². The summed E-state index contributed by atoms with van der Waals surface area (Å²) in [5, 5.41) is 5.92. The first-order valence-electron chi connectivity index (χ1n) is 5.59. The highest BCUT2D eigenvalue weighted by atomic mass is 79.9. The summed E-state index contributed by atoms with van der Waals surface area (Å²) < 4.78 is 13.5. The van der Waals surface area contributed by atoms with E-state index in [-0.39, 0.29) is 11.7 Å². The second-order valence-corrected chi connectivity index (χ2v) is 5.04. The molecule has 1 aromatic carbocycles. The molecule has 0 spiro atoms. The summed E-state index contributed by atoms with van der Waals surface area (Å²) in [5.74, 6) is -0.252. The Morgan fingerprint density at radius 3 is 2.88 bits per heavy atom. The van der Waals surface area contributed by atoms with Crippen molar-refractivity contribution in [3.63, 3.8) is 0 Å². The lowest BCUT2D eigenvalue weighted by Crippen LogP contribution is -2.34. The topological polar surface area (TPSA) is 41.1 Å². The third-order valence-electron chi connectivity index (χ3n) is 2.56. The number of carbonyl (C=O) groups is 1. The molecule has 3 nitrogen and oxygen atoms in total. The van der Waals surface area contributed by atoms with Crippen molar-refractivity contribution in [3.05, 3.63) is 34.1 Å². The third kappa shape index (κ3) is 4.09. The molecule has 1 aliphatic rings. The van der Waals surface area contributed by atoms with Crippen LogP contribution in [-0.2, 0) is 11.3 Å². The van der Waals surface area contributed by atoms with Crippen LogP contribution in [0.4, 0.5) is 4.39 Å². The van der Waals surface area contributed by atoms with Gasteiger partial charge in [0.15, 0.2) is 0 Å². The lowest BCUT2D eigenvalue weighted by Gasteiger charge is -2.07. The van der Waals surface area contributed by atoms with Crippen molar-refractivity contribution >= 4 is 21.8 Å². The van der Waals surface area contributed by atoms with Gasteiger partial charge in [0.2, 0.25) is 5.91 Å². The van der Waals surface area contributed by atoms with E-state index in [1.165, 1.54) is 12.1 Å². The van der Waals surface area contributed by atoms with E-state index in [2.05, 4.69) is 26.6 Å².